The summed E-state index contributed by atoms with van der Waals surface area (Å²) in [5.41, 5.74) is 4.81. The quantitative estimate of drug-likeness (QED) is 0.583. The van der Waals surface area contributed by atoms with Gasteiger partial charge in [0.2, 0.25) is 5.91 Å². The molecule has 1 heterocycles. The summed E-state index contributed by atoms with van der Waals surface area (Å²) < 4.78 is 0.953. The maximum Gasteiger partial charge on any atom is 0.241 e. The van der Waals surface area contributed by atoms with E-state index in [1.54, 1.807) is 6.21 Å². The fourth-order valence-corrected chi connectivity index (χ4v) is 3.32. The molecule has 1 saturated heterocycles. The molecule has 1 fully saturated rings. The van der Waals surface area contributed by atoms with E-state index >= 15 is 0 Å². The third-order valence-electron chi connectivity index (χ3n) is 4.45. The van der Waals surface area contributed by atoms with Gasteiger partial charge in [0.25, 0.3) is 0 Å². The Morgan fingerprint density at radius 3 is 2.46 bits per heavy atom. The fourth-order valence-electron chi connectivity index (χ4n) is 2.94. The van der Waals surface area contributed by atoms with Crippen molar-refractivity contribution < 1.29 is 4.79 Å². The van der Waals surface area contributed by atoms with Crippen LogP contribution in [0.1, 0.15) is 12.0 Å². The van der Waals surface area contributed by atoms with Crippen molar-refractivity contribution in [1.29, 1.82) is 0 Å². The molecule has 2 aromatic rings. The zero-order chi connectivity index (χ0) is 18.2. The number of nitrogens with one attached hydrogen (secondary N) is 1. The SMILES string of the molecule is O=C(CCN1CCN(c2ccccc2)CC1)N/N=C/c1ccccc1Br. The highest BCUT2D eigenvalue weighted by Gasteiger charge is 2.17. The van der Waals surface area contributed by atoms with Gasteiger partial charge in [0, 0.05) is 54.9 Å². The zero-order valence-corrected chi connectivity index (χ0v) is 16.2. The minimum Gasteiger partial charge on any atom is -0.369 e. The molecule has 136 valence electrons. The molecule has 1 aliphatic rings. The summed E-state index contributed by atoms with van der Waals surface area (Å²) in [5.74, 6) is -0.0567. The number of amides is 1. The molecule has 0 saturated carbocycles. The van der Waals surface area contributed by atoms with Gasteiger partial charge < -0.3 is 4.90 Å². The van der Waals surface area contributed by atoms with Crippen LogP contribution in [0.4, 0.5) is 5.69 Å². The molecule has 26 heavy (non-hydrogen) atoms. The number of benzene rings is 2. The summed E-state index contributed by atoms with van der Waals surface area (Å²) >= 11 is 3.45. The Kier molecular flexibility index (Phi) is 6.80. The van der Waals surface area contributed by atoms with E-state index in [4.69, 9.17) is 0 Å². The first kappa shape index (κ1) is 18.6. The Bertz CT molecular complexity index is 742. The molecular formula is C20H23BrN4O. The Morgan fingerprint density at radius 2 is 1.73 bits per heavy atom. The summed E-state index contributed by atoms with van der Waals surface area (Å²) in [6, 6.07) is 18.2. The molecular weight excluding hydrogens is 392 g/mol. The van der Waals surface area contributed by atoms with Gasteiger partial charge in [-0.15, -0.1) is 0 Å². The van der Waals surface area contributed by atoms with Gasteiger partial charge in [0.1, 0.15) is 0 Å². The van der Waals surface area contributed by atoms with Gasteiger partial charge in [-0.25, -0.2) is 5.43 Å². The lowest BCUT2D eigenvalue weighted by molar-refractivity contribution is -0.121. The van der Waals surface area contributed by atoms with E-state index in [0.717, 1.165) is 42.8 Å². The maximum atomic E-state index is 12.0. The summed E-state index contributed by atoms with van der Waals surface area (Å²) in [7, 11) is 0. The summed E-state index contributed by atoms with van der Waals surface area (Å²) in [4.78, 5) is 16.7. The van der Waals surface area contributed by atoms with Gasteiger partial charge in [-0.2, -0.15) is 5.10 Å². The van der Waals surface area contributed by atoms with Gasteiger partial charge >= 0.3 is 0 Å². The number of carbonyl (C=O) groups excluding carboxylic acids is 1. The molecule has 2 aromatic carbocycles. The molecule has 0 bridgehead atoms. The highest BCUT2D eigenvalue weighted by molar-refractivity contribution is 9.10. The summed E-state index contributed by atoms with van der Waals surface area (Å²) in [6.07, 6.45) is 2.11. The molecule has 6 heteroatoms. The predicted molar refractivity (Wildman–Crippen MR) is 110 cm³/mol. The lowest BCUT2D eigenvalue weighted by Gasteiger charge is -2.36. The molecule has 0 radical (unpaired) electrons. The number of hydrogen-bond donors (Lipinski definition) is 1. The zero-order valence-electron chi connectivity index (χ0n) is 14.6. The number of rotatable bonds is 6. The highest BCUT2D eigenvalue weighted by atomic mass is 79.9. The molecule has 0 aliphatic carbocycles. The normalized spacial score (nSPS) is 15.3. The van der Waals surface area contributed by atoms with Crippen LogP contribution in [0.2, 0.25) is 0 Å². The molecule has 0 unspecified atom stereocenters. The van der Waals surface area contributed by atoms with Gasteiger partial charge in [-0.1, -0.05) is 52.3 Å². The van der Waals surface area contributed by atoms with Crippen LogP contribution >= 0.6 is 15.9 Å². The Morgan fingerprint density at radius 1 is 1.04 bits per heavy atom. The lowest BCUT2D eigenvalue weighted by Crippen LogP contribution is -2.47. The van der Waals surface area contributed by atoms with Crippen LogP contribution < -0.4 is 10.3 Å². The van der Waals surface area contributed by atoms with Crippen molar-refractivity contribution in [2.45, 2.75) is 6.42 Å². The van der Waals surface area contributed by atoms with Gasteiger partial charge in [0.05, 0.1) is 6.21 Å². The molecule has 1 N–H and O–H groups in total. The van der Waals surface area contributed by atoms with Crippen LogP contribution in [0.25, 0.3) is 0 Å². The second-order valence-electron chi connectivity index (χ2n) is 6.23. The Hall–Kier alpha value is -2.18. The van der Waals surface area contributed by atoms with Crippen molar-refractivity contribution >= 4 is 33.7 Å². The van der Waals surface area contributed by atoms with Gasteiger partial charge in [-0.3, -0.25) is 9.69 Å². The largest absolute Gasteiger partial charge is 0.369 e. The number of para-hydroxylation sites is 1. The third-order valence-corrected chi connectivity index (χ3v) is 5.17. The Labute approximate surface area is 162 Å². The number of halogens is 1. The minimum absolute atomic E-state index is 0.0567. The standard InChI is InChI=1S/C20H23BrN4O/c21-19-9-5-4-6-17(19)16-22-23-20(26)10-11-24-12-14-25(15-13-24)18-7-2-1-3-8-18/h1-9,16H,10-15H2,(H,23,26)/b22-16+. The predicted octanol–water partition coefficient (Wildman–Crippen LogP) is 3.11. The van der Waals surface area contributed by atoms with E-state index < -0.39 is 0 Å². The first-order valence-corrected chi connectivity index (χ1v) is 9.60. The van der Waals surface area contributed by atoms with Crippen LogP contribution in [0.3, 0.4) is 0 Å². The van der Waals surface area contributed by atoms with Crippen molar-refractivity contribution in [3.63, 3.8) is 0 Å². The van der Waals surface area contributed by atoms with Crippen LogP contribution in [0, 0.1) is 0 Å². The number of nitrogens with zero attached hydrogens (tertiary/aromatic N) is 3. The van der Waals surface area contributed by atoms with Crippen LogP contribution in [-0.4, -0.2) is 49.7 Å². The Balaban J connectivity index is 1.37. The highest BCUT2D eigenvalue weighted by Crippen LogP contribution is 2.15. The molecule has 5 nitrogen and oxygen atoms in total. The van der Waals surface area contributed by atoms with Crippen molar-refractivity contribution in [3.8, 4) is 0 Å². The number of piperazine rings is 1. The number of hydrazone groups is 1. The summed E-state index contributed by atoms with van der Waals surface area (Å²) in [5, 5.41) is 4.04. The van der Waals surface area contributed by atoms with E-state index in [1.165, 1.54) is 5.69 Å². The minimum atomic E-state index is -0.0567. The van der Waals surface area contributed by atoms with Crippen molar-refractivity contribution in [3.05, 3.63) is 64.6 Å². The first-order chi connectivity index (χ1) is 12.7. The second kappa shape index (κ2) is 9.50. The van der Waals surface area contributed by atoms with Crippen molar-refractivity contribution in [2.75, 3.05) is 37.6 Å². The monoisotopic (exact) mass is 414 g/mol. The molecule has 1 amide bonds. The average molecular weight is 415 g/mol. The van der Waals surface area contributed by atoms with Crippen LogP contribution in [0.5, 0.6) is 0 Å². The number of anilines is 1. The van der Waals surface area contributed by atoms with Crippen molar-refractivity contribution in [2.24, 2.45) is 5.10 Å². The van der Waals surface area contributed by atoms with Crippen LogP contribution in [0.15, 0.2) is 64.2 Å². The van der Waals surface area contributed by atoms with E-state index in [0.29, 0.717) is 6.42 Å². The smallest absolute Gasteiger partial charge is 0.241 e. The van der Waals surface area contributed by atoms with E-state index in [9.17, 15) is 4.79 Å². The van der Waals surface area contributed by atoms with Gasteiger partial charge in [-0.05, 0) is 18.2 Å². The van der Waals surface area contributed by atoms with Crippen LogP contribution in [-0.2, 0) is 4.79 Å². The molecule has 3 rings (SSSR count). The fraction of sp³-hybridized carbons (Fsp3) is 0.300. The molecule has 1 aliphatic heterocycles. The van der Waals surface area contributed by atoms with E-state index in [1.807, 2.05) is 30.3 Å². The number of carbonyl (C=O) groups is 1. The molecule has 0 atom stereocenters. The van der Waals surface area contributed by atoms with E-state index in [-0.39, 0.29) is 5.91 Å². The van der Waals surface area contributed by atoms with Crippen molar-refractivity contribution in [1.82, 2.24) is 10.3 Å². The summed E-state index contributed by atoms with van der Waals surface area (Å²) in [6.45, 7) is 4.70. The number of hydrogen-bond acceptors (Lipinski definition) is 4. The maximum absolute atomic E-state index is 12.0. The molecule has 0 aromatic heterocycles. The third kappa shape index (κ3) is 5.41. The first-order valence-electron chi connectivity index (χ1n) is 8.81. The topological polar surface area (TPSA) is 47.9 Å². The lowest BCUT2D eigenvalue weighted by atomic mass is 10.2. The molecule has 0 spiro atoms. The van der Waals surface area contributed by atoms with E-state index in [2.05, 4.69) is 60.5 Å². The second-order valence-corrected chi connectivity index (χ2v) is 7.08. The van der Waals surface area contributed by atoms with Gasteiger partial charge in [0.15, 0.2) is 0 Å². The average Bonchev–Trinajstić information content (AvgIpc) is 2.69.